The summed E-state index contributed by atoms with van der Waals surface area (Å²) in [4.78, 5) is 12.0. The van der Waals surface area contributed by atoms with Crippen molar-refractivity contribution in [3.63, 3.8) is 0 Å². The summed E-state index contributed by atoms with van der Waals surface area (Å²) >= 11 is 0. The van der Waals surface area contributed by atoms with Gasteiger partial charge in [-0.3, -0.25) is 9.89 Å². The van der Waals surface area contributed by atoms with Crippen molar-refractivity contribution in [1.82, 2.24) is 10.2 Å². The lowest BCUT2D eigenvalue weighted by molar-refractivity contribution is -0.122. The van der Waals surface area contributed by atoms with Crippen LogP contribution in [0.2, 0.25) is 0 Å². The van der Waals surface area contributed by atoms with Crippen LogP contribution < -0.4 is 10.1 Å². The molecule has 1 amide bonds. The van der Waals surface area contributed by atoms with Crippen molar-refractivity contribution in [3.8, 4) is 5.75 Å². The van der Waals surface area contributed by atoms with Crippen LogP contribution in [0.15, 0.2) is 30.3 Å². The van der Waals surface area contributed by atoms with Crippen LogP contribution in [0.4, 0.5) is 5.69 Å². The van der Waals surface area contributed by atoms with Crippen LogP contribution in [-0.2, 0) is 4.79 Å². The van der Waals surface area contributed by atoms with Crippen LogP contribution >= 0.6 is 0 Å². The molecule has 1 heterocycles. The van der Waals surface area contributed by atoms with E-state index in [1.54, 1.807) is 6.92 Å². The zero-order valence-corrected chi connectivity index (χ0v) is 11.2. The van der Waals surface area contributed by atoms with E-state index in [2.05, 4.69) is 15.5 Å². The van der Waals surface area contributed by atoms with Gasteiger partial charge in [-0.15, -0.1) is 0 Å². The van der Waals surface area contributed by atoms with Gasteiger partial charge in [0.2, 0.25) is 0 Å². The van der Waals surface area contributed by atoms with Crippen molar-refractivity contribution < 1.29 is 9.53 Å². The number of aromatic nitrogens is 2. The number of benzene rings is 1. The number of anilines is 1. The first kappa shape index (κ1) is 13.1. The zero-order chi connectivity index (χ0) is 13.8. The minimum atomic E-state index is -0.573. The Morgan fingerprint density at radius 2 is 2.00 bits per heavy atom. The van der Waals surface area contributed by atoms with Crippen LogP contribution in [0.5, 0.6) is 5.75 Å². The highest BCUT2D eigenvalue weighted by atomic mass is 16.5. The lowest BCUT2D eigenvalue weighted by atomic mass is 10.3. The van der Waals surface area contributed by atoms with E-state index in [9.17, 15) is 4.79 Å². The summed E-state index contributed by atoms with van der Waals surface area (Å²) in [5, 5.41) is 9.68. The van der Waals surface area contributed by atoms with Crippen LogP contribution in [0.1, 0.15) is 18.3 Å². The fraction of sp³-hybridized carbons (Fsp3) is 0.286. The quantitative estimate of drug-likeness (QED) is 0.886. The molecular formula is C14H17N3O2. The number of aryl methyl sites for hydroxylation is 2. The largest absolute Gasteiger partial charge is 0.481 e. The molecule has 0 aliphatic carbocycles. The summed E-state index contributed by atoms with van der Waals surface area (Å²) in [7, 11) is 0. The van der Waals surface area contributed by atoms with E-state index in [1.165, 1.54) is 0 Å². The maximum atomic E-state index is 12.0. The molecule has 2 N–H and O–H groups in total. The lowest BCUT2D eigenvalue weighted by Gasteiger charge is -2.14. The second kappa shape index (κ2) is 5.56. The van der Waals surface area contributed by atoms with E-state index in [0.29, 0.717) is 11.4 Å². The molecule has 1 aromatic carbocycles. The number of hydrogen-bond acceptors (Lipinski definition) is 3. The predicted octanol–water partition coefficient (Wildman–Crippen LogP) is 2.43. The molecule has 0 fully saturated rings. The minimum absolute atomic E-state index is 0.198. The first-order chi connectivity index (χ1) is 9.08. The number of carbonyl (C=O) groups excluding carboxylic acids is 1. The number of nitrogens with zero attached hydrogens (tertiary/aromatic N) is 1. The van der Waals surface area contributed by atoms with Crippen molar-refractivity contribution in [2.24, 2.45) is 0 Å². The number of para-hydroxylation sites is 1. The van der Waals surface area contributed by atoms with Gasteiger partial charge in [-0.1, -0.05) is 18.2 Å². The summed E-state index contributed by atoms with van der Waals surface area (Å²) in [5.74, 6) is 0.474. The van der Waals surface area contributed by atoms with Gasteiger partial charge in [0.25, 0.3) is 5.91 Å². The topological polar surface area (TPSA) is 67.0 Å². The lowest BCUT2D eigenvalue weighted by Crippen LogP contribution is -2.30. The Balaban J connectivity index is 2.00. The molecule has 0 radical (unpaired) electrons. The van der Waals surface area contributed by atoms with Crippen molar-refractivity contribution in [2.75, 3.05) is 5.32 Å². The summed E-state index contributed by atoms with van der Waals surface area (Å²) in [6.45, 7) is 5.41. The highest BCUT2D eigenvalue weighted by molar-refractivity contribution is 5.95. The molecule has 5 nitrogen and oxygen atoms in total. The molecule has 0 saturated carbocycles. The van der Waals surface area contributed by atoms with Gasteiger partial charge in [0, 0.05) is 0 Å². The SMILES string of the molecule is Cc1n[nH]c(C)c1NC(=O)C(C)Oc1ccccc1. The molecule has 0 aliphatic rings. The van der Waals surface area contributed by atoms with Gasteiger partial charge >= 0.3 is 0 Å². The molecule has 19 heavy (non-hydrogen) atoms. The summed E-state index contributed by atoms with van der Waals surface area (Å²) < 4.78 is 5.56. The van der Waals surface area contributed by atoms with Crippen LogP contribution in [-0.4, -0.2) is 22.2 Å². The number of hydrogen-bond donors (Lipinski definition) is 2. The predicted molar refractivity (Wildman–Crippen MR) is 73.2 cm³/mol. The summed E-state index contributed by atoms with van der Waals surface area (Å²) in [6.07, 6.45) is -0.573. The average Bonchev–Trinajstić information content (AvgIpc) is 2.71. The van der Waals surface area contributed by atoms with Crippen molar-refractivity contribution >= 4 is 11.6 Å². The number of nitrogens with one attached hydrogen (secondary N) is 2. The molecule has 5 heteroatoms. The van der Waals surface area contributed by atoms with Crippen LogP contribution in [0.3, 0.4) is 0 Å². The Labute approximate surface area is 112 Å². The van der Waals surface area contributed by atoms with Gasteiger partial charge < -0.3 is 10.1 Å². The fourth-order valence-corrected chi connectivity index (χ4v) is 1.72. The molecule has 0 spiro atoms. The minimum Gasteiger partial charge on any atom is -0.481 e. The van der Waals surface area contributed by atoms with E-state index in [1.807, 2.05) is 44.2 Å². The van der Waals surface area contributed by atoms with Crippen molar-refractivity contribution in [1.29, 1.82) is 0 Å². The first-order valence-electron chi connectivity index (χ1n) is 6.12. The highest BCUT2D eigenvalue weighted by Crippen LogP contribution is 2.17. The van der Waals surface area contributed by atoms with E-state index in [0.717, 1.165) is 11.4 Å². The maximum Gasteiger partial charge on any atom is 0.265 e. The van der Waals surface area contributed by atoms with E-state index < -0.39 is 6.10 Å². The number of ether oxygens (including phenoxy) is 1. The monoisotopic (exact) mass is 259 g/mol. The summed E-state index contributed by atoms with van der Waals surface area (Å²) in [6, 6.07) is 9.26. The second-order valence-corrected chi connectivity index (χ2v) is 4.37. The molecule has 1 atom stereocenters. The van der Waals surface area contributed by atoms with Gasteiger partial charge in [-0.25, -0.2) is 0 Å². The van der Waals surface area contributed by atoms with Gasteiger partial charge in [-0.05, 0) is 32.9 Å². The third kappa shape index (κ3) is 3.13. The highest BCUT2D eigenvalue weighted by Gasteiger charge is 2.17. The Kier molecular flexibility index (Phi) is 3.85. The van der Waals surface area contributed by atoms with Gasteiger partial charge in [-0.2, -0.15) is 5.10 Å². The van der Waals surface area contributed by atoms with E-state index >= 15 is 0 Å². The Morgan fingerprint density at radius 3 is 2.58 bits per heavy atom. The third-order valence-corrected chi connectivity index (χ3v) is 2.80. The van der Waals surface area contributed by atoms with E-state index in [4.69, 9.17) is 4.74 Å². The smallest absolute Gasteiger partial charge is 0.265 e. The number of aromatic amines is 1. The first-order valence-corrected chi connectivity index (χ1v) is 6.12. The Morgan fingerprint density at radius 1 is 1.32 bits per heavy atom. The molecule has 2 aromatic rings. The number of carbonyl (C=O) groups is 1. The third-order valence-electron chi connectivity index (χ3n) is 2.80. The molecule has 0 aliphatic heterocycles. The second-order valence-electron chi connectivity index (χ2n) is 4.37. The molecule has 0 saturated heterocycles. The van der Waals surface area contributed by atoms with Gasteiger partial charge in [0.15, 0.2) is 6.10 Å². The molecule has 100 valence electrons. The standard InChI is InChI=1S/C14H17N3O2/c1-9-13(10(2)17-16-9)15-14(18)11(3)19-12-7-5-4-6-8-12/h4-8,11H,1-3H3,(H,15,18)(H,16,17). The van der Waals surface area contributed by atoms with Gasteiger partial charge in [0.05, 0.1) is 17.1 Å². The molecule has 1 aromatic heterocycles. The Hall–Kier alpha value is -2.30. The fourth-order valence-electron chi connectivity index (χ4n) is 1.72. The Bertz CT molecular complexity index is 544. The van der Waals surface area contributed by atoms with E-state index in [-0.39, 0.29) is 5.91 Å². The number of H-pyrrole nitrogens is 1. The summed E-state index contributed by atoms with van der Waals surface area (Å²) in [5.41, 5.74) is 2.31. The van der Waals surface area contributed by atoms with Crippen LogP contribution in [0.25, 0.3) is 0 Å². The average molecular weight is 259 g/mol. The maximum absolute atomic E-state index is 12.0. The zero-order valence-electron chi connectivity index (χ0n) is 11.2. The molecule has 2 rings (SSSR count). The molecular weight excluding hydrogens is 242 g/mol. The van der Waals surface area contributed by atoms with Crippen LogP contribution in [0, 0.1) is 13.8 Å². The van der Waals surface area contributed by atoms with Crippen molar-refractivity contribution in [3.05, 3.63) is 41.7 Å². The van der Waals surface area contributed by atoms with Crippen molar-refractivity contribution in [2.45, 2.75) is 26.9 Å². The number of rotatable bonds is 4. The molecule has 0 bridgehead atoms. The number of amides is 1. The normalized spacial score (nSPS) is 11.9. The molecule has 1 unspecified atom stereocenters. The van der Waals surface area contributed by atoms with Gasteiger partial charge in [0.1, 0.15) is 5.75 Å².